The molecule has 1 aromatic heterocycles. The fraction of sp³-hybridized carbons (Fsp3) is 0.370. The number of amides is 1. The third-order valence-corrected chi connectivity index (χ3v) is 6.88. The average molecular weight is 458 g/mol. The Kier molecular flexibility index (Phi) is 6.60. The van der Waals surface area contributed by atoms with E-state index in [1.807, 2.05) is 41.3 Å². The van der Waals surface area contributed by atoms with Crippen LogP contribution in [0.5, 0.6) is 0 Å². The van der Waals surface area contributed by atoms with Gasteiger partial charge in [0, 0.05) is 51.0 Å². The number of hydrogen-bond donors (Lipinski definition) is 0. The zero-order chi connectivity index (χ0) is 23.3. The first-order valence-electron chi connectivity index (χ1n) is 12.1. The van der Waals surface area contributed by atoms with Crippen molar-refractivity contribution in [2.75, 3.05) is 49.1 Å². The number of anilines is 2. The van der Waals surface area contributed by atoms with E-state index in [4.69, 9.17) is 0 Å². The number of piperidine rings is 1. The molecule has 2 aromatic carbocycles. The molecule has 3 aromatic rings. The molecular formula is C27H31N5O2. The van der Waals surface area contributed by atoms with Gasteiger partial charge in [-0.05, 0) is 30.5 Å². The normalized spacial score (nSPS) is 18.7. The molecule has 0 radical (unpaired) electrons. The van der Waals surface area contributed by atoms with E-state index in [9.17, 15) is 9.59 Å². The van der Waals surface area contributed by atoms with Crippen LogP contribution in [0, 0.1) is 5.92 Å². The van der Waals surface area contributed by atoms with Crippen LogP contribution < -0.4 is 15.4 Å². The van der Waals surface area contributed by atoms with Crippen LogP contribution in [0.15, 0.2) is 77.7 Å². The lowest BCUT2D eigenvalue weighted by atomic mass is 9.96. The Labute approximate surface area is 200 Å². The first-order chi connectivity index (χ1) is 16.7. The molecular weight excluding hydrogens is 426 g/mol. The molecule has 0 aliphatic carbocycles. The maximum absolute atomic E-state index is 13.3. The van der Waals surface area contributed by atoms with Crippen molar-refractivity contribution >= 4 is 17.3 Å². The molecule has 34 heavy (non-hydrogen) atoms. The maximum Gasteiger partial charge on any atom is 0.269 e. The second kappa shape index (κ2) is 10.1. The largest absolute Gasteiger partial charge is 0.369 e. The molecule has 7 heteroatoms. The average Bonchev–Trinajstić information content (AvgIpc) is 2.91. The summed E-state index contributed by atoms with van der Waals surface area (Å²) < 4.78 is 1.48. The smallest absolute Gasteiger partial charge is 0.269 e. The van der Waals surface area contributed by atoms with E-state index >= 15 is 0 Å². The van der Waals surface area contributed by atoms with Gasteiger partial charge in [-0.25, -0.2) is 4.68 Å². The number of hydrogen-bond acceptors (Lipinski definition) is 5. The van der Waals surface area contributed by atoms with Crippen LogP contribution in [0.25, 0.3) is 0 Å². The molecule has 0 bridgehead atoms. The molecule has 0 unspecified atom stereocenters. The standard InChI is InChI=1S/C27H31N5O2/c33-26-18-25(19-28-32(26)20-22-8-3-1-4-9-22)31-13-7-10-23(21-31)27(34)30-16-14-29(15-17-30)24-11-5-2-6-12-24/h1-6,8-9,11-12,18-19,23H,7,10,13-17,20-21H2/t23-/m1/s1. The van der Waals surface area contributed by atoms with E-state index in [0.29, 0.717) is 13.1 Å². The Morgan fingerprint density at radius 3 is 2.26 bits per heavy atom. The zero-order valence-electron chi connectivity index (χ0n) is 19.4. The number of carbonyl (C=O) groups excluding carboxylic acids is 1. The van der Waals surface area contributed by atoms with Gasteiger partial charge in [-0.15, -0.1) is 0 Å². The lowest BCUT2D eigenvalue weighted by Crippen LogP contribution is -2.52. The van der Waals surface area contributed by atoms with E-state index in [2.05, 4.69) is 39.2 Å². The van der Waals surface area contributed by atoms with Gasteiger partial charge in [0.1, 0.15) is 0 Å². The van der Waals surface area contributed by atoms with Gasteiger partial charge in [-0.1, -0.05) is 48.5 Å². The lowest BCUT2D eigenvalue weighted by molar-refractivity contribution is -0.136. The fourth-order valence-electron chi connectivity index (χ4n) is 4.97. The highest BCUT2D eigenvalue weighted by Gasteiger charge is 2.31. The van der Waals surface area contributed by atoms with Gasteiger partial charge in [0.25, 0.3) is 5.56 Å². The molecule has 176 valence electrons. The van der Waals surface area contributed by atoms with E-state index in [0.717, 1.165) is 56.8 Å². The van der Waals surface area contributed by atoms with Crippen molar-refractivity contribution in [3.05, 3.63) is 88.8 Å². The van der Waals surface area contributed by atoms with Gasteiger partial charge in [0.2, 0.25) is 5.91 Å². The topological polar surface area (TPSA) is 61.7 Å². The minimum atomic E-state index is -0.119. The number of nitrogens with zero attached hydrogens (tertiary/aromatic N) is 5. The molecule has 0 saturated carbocycles. The summed E-state index contributed by atoms with van der Waals surface area (Å²) >= 11 is 0. The molecule has 2 aliphatic rings. The van der Waals surface area contributed by atoms with Gasteiger partial charge in [-0.2, -0.15) is 5.10 Å². The Balaban J connectivity index is 1.20. The first-order valence-corrected chi connectivity index (χ1v) is 12.1. The predicted octanol–water partition coefficient (Wildman–Crippen LogP) is 2.86. The van der Waals surface area contributed by atoms with Gasteiger partial charge in [-0.3, -0.25) is 9.59 Å². The highest BCUT2D eigenvalue weighted by molar-refractivity contribution is 5.80. The summed E-state index contributed by atoms with van der Waals surface area (Å²) in [6.07, 6.45) is 3.59. The number of rotatable bonds is 5. The summed E-state index contributed by atoms with van der Waals surface area (Å²) in [6.45, 7) is 5.15. The zero-order valence-corrected chi connectivity index (χ0v) is 19.4. The summed E-state index contributed by atoms with van der Waals surface area (Å²) in [4.78, 5) is 32.5. The molecule has 3 heterocycles. The van der Waals surface area contributed by atoms with Crippen molar-refractivity contribution in [1.29, 1.82) is 0 Å². The second-order valence-corrected chi connectivity index (χ2v) is 9.13. The third-order valence-electron chi connectivity index (χ3n) is 6.88. The second-order valence-electron chi connectivity index (χ2n) is 9.13. The monoisotopic (exact) mass is 457 g/mol. The van der Waals surface area contributed by atoms with Crippen molar-refractivity contribution in [3.8, 4) is 0 Å². The number of piperazine rings is 1. The van der Waals surface area contributed by atoms with Gasteiger partial charge in [0.15, 0.2) is 0 Å². The molecule has 5 rings (SSSR count). The van der Waals surface area contributed by atoms with Crippen molar-refractivity contribution in [2.24, 2.45) is 5.92 Å². The quantitative estimate of drug-likeness (QED) is 0.590. The highest BCUT2D eigenvalue weighted by atomic mass is 16.2. The lowest BCUT2D eigenvalue weighted by Gasteiger charge is -2.40. The summed E-state index contributed by atoms with van der Waals surface area (Å²) in [7, 11) is 0. The van der Waals surface area contributed by atoms with Crippen molar-refractivity contribution in [2.45, 2.75) is 19.4 Å². The molecule has 1 amide bonds. The molecule has 0 spiro atoms. The Bertz CT molecular complexity index is 1160. The Morgan fingerprint density at radius 2 is 1.56 bits per heavy atom. The molecule has 7 nitrogen and oxygen atoms in total. The van der Waals surface area contributed by atoms with Crippen LogP contribution >= 0.6 is 0 Å². The summed E-state index contributed by atoms with van der Waals surface area (Å²) in [5.74, 6) is 0.201. The van der Waals surface area contributed by atoms with Crippen LogP contribution in [-0.4, -0.2) is 59.9 Å². The number of aromatic nitrogens is 2. The maximum atomic E-state index is 13.3. The molecule has 0 N–H and O–H groups in total. The fourth-order valence-corrected chi connectivity index (χ4v) is 4.97. The molecule has 2 aliphatic heterocycles. The number of benzene rings is 2. The Morgan fingerprint density at radius 1 is 0.853 bits per heavy atom. The predicted molar refractivity (Wildman–Crippen MR) is 134 cm³/mol. The summed E-state index contributed by atoms with van der Waals surface area (Å²) in [6, 6.07) is 21.9. The molecule has 2 saturated heterocycles. The molecule has 1 atom stereocenters. The van der Waals surface area contributed by atoms with Crippen LogP contribution in [0.1, 0.15) is 18.4 Å². The van der Waals surface area contributed by atoms with Crippen LogP contribution in [0.3, 0.4) is 0 Å². The third kappa shape index (κ3) is 4.98. The van der Waals surface area contributed by atoms with Gasteiger partial charge in [0.05, 0.1) is 24.3 Å². The Hall–Kier alpha value is -3.61. The van der Waals surface area contributed by atoms with E-state index < -0.39 is 0 Å². The summed E-state index contributed by atoms with van der Waals surface area (Å²) in [5.41, 5.74) is 2.95. The number of para-hydroxylation sites is 1. The highest BCUT2D eigenvalue weighted by Crippen LogP contribution is 2.24. The number of carbonyl (C=O) groups is 1. The van der Waals surface area contributed by atoms with Crippen molar-refractivity contribution in [3.63, 3.8) is 0 Å². The van der Waals surface area contributed by atoms with Crippen LogP contribution in [0.4, 0.5) is 11.4 Å². The first kappa shape index (κ1) is 22.2. The minimum Gasteiger partial charge on any atom is -0.369 e. The molecule has 2 fully saturated rings. The summed E-state index contributed by atoms with van der Waals surface area (Å²) in [5, 5.41) is 4.41. The van der Waals surface area contributed by atoms with Gasteiger partial charge >= 0.3 is 0 Å². The van der Waals surface area contributed by atoms with E-state index in [-0.39, 0.29) is 17.4 Å². The van der Waals surface area contributed by atoms with Gasteiger partial charge < -0.3 is 14.7 Å². The minimum absolute atomic E-state index is 0.0382. The van der Waals surface area contributed by atoms with Crippen LogP contribution in [0.2, 0.25) is 0 Å². The van der Waals surface area contributed by atoms with Crippen LogP contribution in [-0.2, 0) is 11.3 Å². The SMILES string of the molecule is O=C([C@@H]1CCCN(c2cnn(Cc3ccccc3)c(=O)c2)C1)N1CCN(c2ccccc2)CC1. The van der Waals surface area contributed by atoms with E-state index in [1.165, 1.54) is 10.4 Å². The van der Waals surface area contributed by atoms with E-state index in [1.54, 1.807) is 12.3 Å². The van der Waals surface area contributed by atoms with Crippen molar-refractivity contribution in [1.82, 2.24) is 14.7 Å². The van der Waals surface area contributed by atoms with Crippen molar-refractivity contribution < 1.29 is 4.79 Å².